The molecule has 1 unspecified atom stereocenters. The standard InChI is InChI=1S/C7H13NO2/c8-7(1-2-9-5-7)6-3-10-4-6/h6H,1-5,8H2. The van der Waals surface area contributed by atoms with E-state index in [0.29, 0.717) is 5.92 Å². The maximum Gasteiger partial charge on any atom is 0.0651 e. The molecular formula is C7H13NO2. The first kappa shape index (κ1) is 6.58. The third-order valence-corrected chi connectivity index (χ3v) is 2.53. The van der Waals surface area contributed by atoms with E-state index in [1.54, 1.807) is 0 Å². The summed E-state index contributed by atoms with van der Waals surface area (Å²) in [7, 11) is 0. The second kappa shape index (κ2) is 2.19. The number of hydrogen-bond acceptors (Lipinski definition) is 3. The quantitative estimate of drug-likeness (QED) is 0.550. The molecule has 0 amide bonds. The van der Waals surface area contributed by atoms with Gasteiger partial charge in [-0.2, -0.15) is 0 Å². The molecule has 2 saturated heterocycles. The predicted molar refractivity (Wildman–Crippen MR) is 36.7 cm³/mol. The lowest BCUT2D eigenvalue weighted by molar-refractivity contribution is -0.0705. The minimum absolute atomic E-state index is 0.0573. The van der Waals surface area contributed by atoms with Gasteiger partial charge < -0.3 is 15.2 Å². The molecule has 0 radical (unpaired) electrons. The molecule has 2 heterocycles. The molecule has 0 spiro atoms. The maximum atomic E-state index is 6.06. The summed E-state index contributed by atoms with van der Waals surface area (Å²) in [6, 6.07) is 0. The molecule has 3 nitrogen and oxygen atoms in total. The monoisotopic (exact) mass is 143 g/mol. The summed E-state index contributed by atoms with van der Waals surface area (Å²) in [6.07, 6.45) is 1.00. The highest BCUT2D eigenvalue weighted by atomic mass is 16.5. The maximum absolute atomic E-state index is 6.06. The van der Waals surface area contributed by atoms with Crippen molar-refractivity contribution in [3.63, 3.8) is 0 Å². The van der Waals surface area contributed by atoms with Crippen molar-refractivity contribution in [3.05, 3.63) is 0 Å². The lowest BCUT2D eigenvalue weighted by Gasteiger charge is -2.38. The zero-order valence-corrected chi connectivity index (χ0v) is 6.01. The third kappa shape index (κ3) is 0.856. The Hall–Kier alpha value is -0.120. The van der Waals surface area contributed by atoms with Gasteiger partial charge in [-0.1, -0.05) is 0 Å². The molecule has 2 fully saturated rings. The van der Waals surface area contributed by atoms with E-state index < -0.39 is 0 Å². The Labute approximate surface area is 60.5 Å². The molecule has 2 aliphatic rings. The first-order chi connectivity index (χ1) is 4.81. The van der Waals surface area contributed by atoms with Crippen LogP contribution in [0.4, 0.5) is 0 Å². The first-order valence-corrected chi connectivity index (χ1v) is 3.76. The highest BCUT2D eigenvalue weighted by Gasteiger charge is 2.42. The van der Waals surface area contributed by atoms with Crippen molar-refractivity contribution in [1.82, 2.24) is 0 Å². The van der Waals surface area contributed by atoms with Gasteiger partial charge in [-0.15, -0.1) is 0 Å². The van der Waals surface area contributed by atoms with Gasteiger partial charge in [-0.3, -0.25) is 0 Å². The number of hydrogen-bond donors (Lipinski definition) is 1. The Bertz CT molecular complexity index is 128. The number of nitrogens with two attached hydrogens (primary N) is 1. The molecule has 3 heteroatoms. The van der Waals surface area contributed by atoms with Gasteiger partial charge in [0.15, 0.2) is 0 Å². The number of rotatable bonds is 1. The van der Waals surface area contributed by atoms with Crippen molar-refractivity contribution in [1.29, 1.82) is 0 Å². The predicted octanol–water partition coefficient (Wildman–Crippen LogP) is -0.249. The first-order valence-electron chi connectivity index (χ1n) is 3.76. The average Bonchev–Trinajstić information content (AvgIpc) is 2.09. The second-order valence-corrected chi connectivity index (χ2v) is 3.27. The molecule has 0 saturated carbocycles. The van der Waals surface area contributed by atoms with Crippen LogP contribution in [-0.4, -0.2) is 32.0 Å². The van der Waals surface area contributed by atoms with E-state index in [0.717, 1.165) is 32.8 Å². The number of ether oxygens (including phenoxy) is 2. The van der Waals surface area contributed by atoms with Crippen molar-refractivity contribution in [3.8, 4) is 0 Å². The zero-order valence-electron chi connectivity index (χ0n) is 6.01. The molecule has 2 rings (SSSR count). The highest BCUT2D eigenvalue weighted by molar-refractivity contribution is 4.96. The van der Waals surface area contributed by atoms with Crippen LogP contribution in [-0.2, 0) is 9.47 Å². The van der Waals surface area contributed by atoms with E-state index >= 15 is 0 Å². The van der Waals surface area contributed by atoms with Crippen molar-refractivity contribution in [2.45, 2.75) is 12.0 Å². The van der Waals surface area contributed by atoms with Crippen LogP contribution in [0.25, 0.3) is 0 Å². The fraction of sp³-hybridized carbons (Fsp3) is 1.00. The Morgan fingerprint density at radius 1 is 1.30 bits per heavy atom. The summed E-state index contributed by atoms with van der Waals surface area (Å²) >= 11 is 0. The van der Waals surface area contributed by atoms with Crippen LogP contribution in [0.5, 0.6) is 0 Å². The molecule has 0 aromatic rings. The molecule has 2 aliphatic heterocycles. The molecule has 1 atom stereocenters. The summed E-state index contributed by atoms with van der Waals surface area (Å²) in [5, 5.41) is 0. The SMILES string of the molecule is NC1(C2COC2)CCOC1. The minimum atomic E-state index is -0.0573. The average molecular weight is 143 g/mol. The van der Waals surface area contributed by atoms with Crippen LogP contribution in [0.2, 0.25) is 0 Å². The van der Waals surface area contributed by atoms with Crippen molar-refractivity contribution in [2.24, 2.45) is 11.7 Å². The Morgan fingerprint density at radius 3 is 2.50 bits per heavy atom. The molecule has 10 heavy (non-hydrogen) atoms. The van der Waals surface area contributed by atoms with Crippen LogP contribution in [0.1, 0.15) is 6.42 Å². The molecule has 0 bridgehead atoms. The van der Waals surface area contributed by atoms with Crippen molar-refractivity contribution < 1.29 is 9.47 Å². The summed E-state index contributed by atoms with van der Waals surface area (Å²) in [5.41, 5.74) is 6.00. The molecule has 58 valence electrons. The largest absolute Gasteiger partial charge is 0.381 e. The van der Waals surface area contributed by atoms with Crippen LogP contribution >= 0.6 is 0 Å². The summed E-state index contributed by atoms with van der Waals surface area (Å²) in [5.74, 6) is 0.551. The lowest BCUT2D eigenvalue weighted by atomic mass is 9.83. The van der Waals surface area contributed by atoms with Gasteiger partial charge in [0.2, 0.25) is 0 Å². The molecule has 0 aromatic heterocycles. The van der Waals surface area contributed by atoms with E-state index in [-0.39, 0.29) is 5.54 Å². The van der Waals surface area contributed by atoms with Crippen molar-refractivity contribution in [2.75, 3.05) is 26.4 Å². The van der Waals surface area contributed by atoms with Crippen LogP contribution < -0.4 is 5.73 Å². The molecule has 2 N–H and O–H groups in total. The van der Waals surface area contributed by atoms with E-state index in [4.69, 9.17) is 15.2 Å². The molecule has 0 aliphatic carbocycles. The normalized spacial score (nSPS) is 41.7. The van der Waals surface area contributed by atoms with E-state index in [1.165, 1.54) is 0 Å². The van der Waals surface area contributed by atoms with E-state index in [9.17, 15) is 0 Å². The van der Waals surface area contributed by atoms with Gasteiger partial charge >= 0.3 is 0 Å². The fourth-order valence-corrected chi connectivity index (χ4v) is 1.49. The van der Waals surface area contributed by atoms with Crippen LogP contribution in [0.15, 0.2) is 0 Å². The highest BCUT2D eigenvalue weighted by Crippen LogP contribution is 2.29. The third-order valence-electron chi connectivity index (χ3n) is 2.53. The summed E-state index contributed by atoms with van der Waals surface area (Å²) in [4.78, 5) is 0. The van der Waals surface area contributed by atoms with E-state index in [1.807, 2.05) is 0 Å². The molecular weight excluding hydrogens is 130 g/mol. The Morgan fingerprint density at radius 2 is 2.10 bits per heavy atom. The van der Waals surface area contributed by atoms with Gasteiger partial charge in [0, 0.05) is 18.1 Å². The Kier molecular flexibility index (Phi) is 1.44. The van der Waals surface area contributed by atoms with Gasteiger partial charge in [-0.05, 0) is 6.42 Å². The minimum Gasteiger partial charge on any atom is -0.381 e. The lowest BCUT2D eigenvalue weighted by Crippen LogP contribution is -2.55. The second-order valence-electron chi connectivity index (χ2n) is 3.27. The van der Waals surface area contributed by atoms with Gasteiger partial charge in [0.1, 0.15) is 0 Å². The van der Waals surface area contributed by atoms with Gasteiger partial charge in [0.05, 0.1) is 19.8 Å². The zero-order chi connectivity index (χ0) is 7.03. The summed E-state index contributed by atoms with van der Waals surface area (Å²) in [6.45, 7) is 3.22. The van der Waals surface area contributed by atoms with Gasteiger partial charge in [0.25, 0.3) is 0 Å². The molecule has 0 aromatic carbocycles. The topological polar surface area (TPSA) is 44.5 Å². The Balaban J connectivity index is 1.98. The smallest absolute Gasteiger partial charge is 0.0651 e. The van der Waals surface area contributed by atoms with E-state index in [2.05, 4.69) is 0 Å². The van der Waals surface area contributed by atoms with Crippen LogP contribution in [0, 0.1) is 5.92 Å². The van der Waals surface area contributed by atoms with Crippen molar-refractivity contribution >= 4 is 0 Å². The summed E-state index contributed by atoms with van der Waals surface area (Å²) < 4.78 is 10.3. The van der Waals surface area contributed by atoms with Crippen LogP contribution in [0.3, 0.4) is 0 Å². The fourth-order valence-electron chi connectivity index (χ4n) is 1.49. The van der Waals surface area contributed by atoms with Gasteiger partial charge in [-0.25, -0.2) is 0 Å².